The zero-order valence-electron chi connectivity index (χ0n) is 8.95. The van der Waals surface area contributed by atoms with Gasteiger partial charge in [-0.05, 0) is 18.2 Å². The van der Waals surface area contributed by atoms with Crippen LogP contribution in [0.3, 0.4) is 0 Å². The summed E-state index contributed by atoms with van der Waals surface area (Å²) in [6, 6.07) is 6.76. The fourth-order valence-electron chi connectivity index (χ4n) is 1.38. The van der Waals surface area contributed by atoms with Crippen LogP contribution >= 0.6 is 23.2 Å². The maximum Gasteiger partial charge on any atom is 0.223 e. The first-order valence-corrected chi connectivity index (χ1v) is 5.49. The van der Waals surface area contributed by atoms with Gasteiger partial charge in [0.05, 0.1) is 17.8 Å². The standard InChI is InChI=1S/C11H9Cl2N3O/c1-17-10-5-9(15-11(14)16-10)7-4-6(12)2-3-8(7)13/h2-5H,1H3,(H2,14,15,16). The van der Waals surface area contributed by atoms with Crippen LogP contribution in [0.15, 0.2) is 24.3 Å². The lowest BCUT2D eigenvalue weighted by molar-refractivity contribution is 0.398. The highest BCUT2D eigenvalue weighted by molar-refractivity contribution is 6.35. The van der Waals surface area contributed by atoms with Crippen LogP contribution in [0.2, 0.25) is 10.0 Å². The Morgan fingerprint density at radius 3 is 2.65 bits per heavy atom. The van der Waals surface area contributed by atoms with Crippen molar-refractivity contribution in [2.45, 2.75) is 0 Å². The molecule has 0 unspecified atom stereocenters. The predicted molar refractivity (Wildman–Crippen MR) is 68.5 cm³/mol. The van der Waals surface area contributed by atoms with Gasteiger partial charge in [0.15, 0.2) is 0 Å². The number of nitrogen functional groups attached to an aromatic ring is 1. The van der Waals surface area contributed by atoms with Crippen LogP contribution < -0.4 is 10.5 Å². The number of methoxy groups -OCH3 is 1. The third kappa shape index (κ3) is 2.60. The Morgan fingerprint density at radius 1 is 1.18 bits per heavy atom. The van der Waals surface area contributed by atoms with Crippen LogP contribution in [-0.2, 0) is 0 Å². The van der Waals surface area contributed by atoms with Crippen molar-refractivity contribution in [3.8, 4) is 17.1 Å². The smallest absolute Gasteiger partial charge is 0.223 e. The summed E-state index contributed by atoms with van der Waals surface area (Å²) in [5.74, 6) is 0.499. The van der Waals surface area contributed by atoms with E-state index in [4.69, 9.17) is 33.7 Å². The molecule has 0 bridgehead atoms. The summed E-state index contributed by atoms with van der Waals surface area (Å²) in [4.78, 5) is 8.00. The van der Waals surface area contributed by atoms with Gasteiger partial charge in [0.1, 0.15) is 0 Å². The third-order valence-corrected chi connectivity index (χ3v) is 2.70. The molecule has 1 aromatic carbocycles. The molecule has 0 aliphatic heterocycles. The summed E-state index contributed by atoms with van der Waals surface area (Å²) in [7, 11) is 1.51. The Labute approximate surface area is 108 Å². The number of hydrogen-bond acceptors (Lipinski definition) is 4. The average Bonchev–Trinajstić information content (AvgIpc) is 2.31. The molecule has 6 heteroatoms. The van der Waals surface area contributed by atoms with Crippen molar-refractivity contribution in [1.82, 2.24) is 9.97 Å². The number of anilines is 1. The first-order chi connectivity index (χ1) is 8.10. The minimum atomic E-state index is 0.121. The molecule has 1 heterocycles. The number of hydrogen-bond donors (Lipinski definition) is 1. The Kier molecular flexibility index (Phi) is 3.36. The predicted octanol–water partition coefficient (Wildman–Crippen LogP) is 3.04. The Morgan fingerprint density at radius 2 is 1.94 bits per heavy atom. The summed E-state index contributed by atoms with van der Waals surface area (Å²) < 4.78 is 5.02. The van der Waals surface area contributed by atoms with Crippen molar-refractivity contribution in [2.75, 3.05) is 12.8 Å². The summed E-state index contributed by atoms with van der Waals surface area (Å²) in [5.41, 5.74) is 6.84. The molecule has 0 amide bonds. The number of benzene rings is 1. The normalized spacial score (nSPS) is 10.3. The van der Waals surface area contributed by atoms with Crippen molar-refractivity contribution in [2.24, 2.45) is 0 Å². The van der Waals surface area contributed by atoms with Gasteiger partial charge in [-0.1, -0.05) is 23.2 Å². The summed E-state index contributed by atoms with van der Waals surface area (Å²) >= 11 is 12.0. The molecule has 4 nitrogen and oxygen atoms in total. The highest BCUT2D eigenvalue weighted by Crippen LogP contribution is 2.30. The topological polar surface area (TPSA) is 61.0 Å². The van der Waals surface area contributed by atoms with Gasteiger partial charge in [-0.15, -0.1) is 0 Å². The zero-order chi connectivity index (χ0) is 12.4. The number of halogens is 2. The molecule has 1 aromatic heterocycles. The number of aromatic nitrogens is 2. The molecular formula is C11H9Cl2N3O. The lowest BCUT2D eigenvalue weighted by Crippen LogP contribution is -1.99. The van der Waals surface area contributed by atoms with E-state index in [1.807, 2.05) is 0 Å². The van der Waals surface area contributed by atoms with Gasteiger partial charge < -0.3 is 10.5 Å². The van der Waals surface area contributed by atoms with Crippen molar-refractivity contribution < 1.29 is 4.74 Å². The number of rotatable bonds is 2. The molecule has 88 valence electrons. The van der Waals surface area contributed by atoms with Crippen LogP contribution in [0.4, 0.5) is 5.95 Å². The van der Waals surface area contributed by atoms with Crippen LogP contribution in [0, 0.1) is 0 Å². The maximum atomic E-state index is 6.08. The quantitative estimate of drug-likeness (QED) is 0.911. The Balaban J connectivity index is 2.59. The van der Waals surface area contributed by atoms with E-state index in [0.717, 1.165) is 0 Å². The minimum Gasteiger partial charge on any atom is -0.481 e. The second kappa shape index (κ2) is 4.77. The lowest BCUT2D eigenvalue weighted by Gasteiger charge is -2.07. The molecule has 0 atom stereocenters. The van der Waals surface area contributed by atoms with E-state index < -0.39 is 0 Å². The third-order valence-electron chi connectivity index (χ3n) is 2.13. The van der Waals surface area contributed by atoms with E-state index >= 15 is 0 Å². The molecule has 0 aliphatic carbocycles. The summed E-state index contributed by atoms with van der Waals surface area (Å²) in [6.07, 6.45) is 0. The van der Waals surface area contributed by atoms with Gasteiger partial charge in [0, 0.05) is 16.7 Å². The molecule has 0 saturated carbocycles. The van der Waals surface area contributed by atoms with Gasteiger partial charge >= 0.3 is 0 Å². The van der Waals surface area contributed by atoms with Gasteiger partial charge in [-0.3, -0.25) is 0 Å². The first kappa shape index (κ1) is 12.0. The van der Waals surface area contributed by atoms with Crippen LogP contribution in [0.1, 0.15) is 0 Å². The molecule has 0 fully saturated rings. The van der Waals surface area contributed by atoms with Crippen molar-refractivity contribution in [3.05, 3.63) is 34.3 Å². The van der Waals surface area contributed by atoms with E-state index in [2.05, 4.69) is 9.97 Å². The monoisotopic (exact) mass is 269 g/mol. The van der Waals surface area contributed by atoms with Gasteiger partial charge in [-0.25, -0.2) is 4.98 Å². The van der Waals surface area contributed by atoms with Crippen LogP contribution in [0.25, 0.3) is 11.3 Å². The van der Waals surface area contributed by atoms with Crippen LogP contribution in [-0.4, -0.2) is 17.1 Å². The Hall–Kier alpha value is -1.52. The molecule has 2 aromatic rings. The molecule has 0 spiro atoms. The summed E-state index contributed by atoms with van der Waals surface area (Å²) in [5, 5.41) is 1.11. The second-order valence-electron chi connectivity index (χ2n) is 3.28. The fourth-order valence-corrected chi connectivity index (χ4v) is 1.77. The van der Waals surface area contributed by atoms with E-state index in [1.165, 1.54) is 7.11 Å². The highest BCUT2D eigenvalue weighted by Gasteiger charge is 2.09. The van der Waals surface area contributed by atoms with Gasteiger partial charge in [-0.2, -0.15) is 4.98 Å². The van der Waals surface area contributed by atoms with Crippen molar-refractivity contribution in [1.29, 1.82) is 0 Å². The van der Waals surface area contributed by atoms with Crippen molar-refractivity contribution >= 4 is 29.2 Å². The van der Waals surface area contributed by atoms with E-state index in [0.29, 0.717) is 27.2 Å². The molecule has 0 aliphatic rings. The number of nitrogens with two attached hydrogens (primary N) is 1. The van der Waals surface area contributed by atoms with Gasteiger partial charge in [0.2, 0.25) is 11.8 Å². The first-order valence-electron chi connectivity index (χ1n) is 4.74. The molecule has 2 N–H and O–H groups in total. The van der Waals surface area contributed by atoms with Gasteiger partial charge in [0.25, 0.3) is 0 Å². The van der Waals surface area contributed by atoms with E-state index in [1.54, 1.807) is 24.3 Å². The lowest BCUT2D eigenvalue weighted by atomic mass is 10.1. The number of ether oxygens (including phenoxy) is 1. The molecule has 2 rings (SSSR count). The average molecular weight is 270 g/mol. The maximum absolute atomic E-state index is 6.08. The molecular weight excluding hydrogens is 261 g/mol. The molecule has 0 radical (unpaired) electrons. The fraction of sp³-hybridized carbons (Fsp3) is 0.0909. The summed E-state index contributed by atoms with van der Waals surface area (Å²) in [6.45, 7) is 0. The zero-order valence-corrected chi connectivity index (χ0v) is 10.5. The second-order valence-corrected chi connectivity index (χ2v) is 4.12. The number of nitrogens with zero attached hydrogens (tertiary/aromatic N) is 2. The highest BCUT2D eigenvalue weighted by atomic mass is 35.5. The van der Waals surface area contributed by atoms with E-state index in [9.17, 15) is 0 Å². The molecule has 0 saturated heterocycles. The van der Waals surface area contributed by atoms with Crippen molar-refractivity contribution in [3.63, 3.8) is 0 Å². The molecule has 17 heavy (non-hydrogen) atoms. The minimum absolute atomic E-state index is 0.121. The SMILES string of the molecule is COc1cc(-c2cc(Cl)ccc2Cl)nc(N)n1. The largest absolute Gasteiger partial charge is 0.481 e. The van der Waals surface area contributed by atoms with Crippen LogP contribution in [0.5, 0.6) is 5.88 Å². The Bertz CT molecular complexity index is 560. The van der Waals surface area contributed by atoms with E-state index in [-0.39, 0.29) is 5.95 Å².